The molecule has 1 heterocycles. The molecular weight excluding hydrogens is 308 g/mol. The van der Waals surface area contributed by atoms with Gasteiger partial charge in [0.1, 0.15) is 13.2 Å². The molecule has 1 rings (SSSR count). The molecule has 1 atom stereocenters. The number of unbranched alkanes of at least 4 members (excludes halogenated alkanes) is 4. The fraction of sp³-hybridized carbons (Fsp3) is 0.833. The number of esters is 1. The summed E-state index contributed by atoms with van der Waals surface area (Å²) in [6, 6.07) is 0. The Bertz CT molecular complexity index is 448. The maximum absolute atomic E-state index is 12.7. The summed E-state index contributed by atoms with van der Waals surface area (Å²) in [5.41, 5.74) is -0.904. The zero-order valence-corrected chi connectivity index (χ0v) is 15.5. The van der Waals surface area contributed by atoms with Crippen molar-refractivity contribution < 1.29 is 19.1 Å². The number of ether oxygens (including phenoxy) is 2. The number of nitrogens with zero attached hydrogens (tertiary/aromatic N) is 1. The molecule has 0 saturated heterocycles. The number of hydrogen-bond donors (Lipinski definition) is 1. The molecule has 24 heavy (non-hydrogen) atoms. The summed E-state index contributed by atoms with van der Waals surface area (Å²) in [7, 11) is 0. The third-order valence-corrected chi connectivity index (χ3v) is 4.09. The Morgan fingerprint density at radius 1 is 1.25 bits per heavy atom. The van der Waals surface area contributed by atoms with Gasteiger partial charge in [-0.25, -0.2) is 4.99 Å². The van der Waals surface area contributed by atoms with E-state index in [9.17, 15) is 9.59 Å². The molecule has 0 spiro atoms. The first-order valence-electron chi connectivity index (χ1n) is 9.11. The quantitative estimate of drug-likeness (QED) is 0.463. The number of hydrogen-bond acceptors (Lipinski definition) is 5. The third-order valence-electron chi connectivity index (χ3n) is 4.09. The second kappa shape index (κ2) is 10.3. The summed E-state index contributed by atoms with van der Waals surface area (Å²) in [5, 5.41) is 2.66. The highest BCUT2D eigenvalue weighted by atomic mass is 16.5. The van der Waals surface area contributed by atoms with Gasteiger partial charge in [-0.05, 0) is 13.3 Å². The lowest BCUT2D eigenvalue weighted by atomic mass is 9.92. The van der Waals surface area contributed by atoms with Crippen LogP contribution in [0.4, 0.5) is 0 Å². The van der Waals surface area contributed by atoms with Crippen LogP contribution in [0.2, 0.25) is 0 Å². The lowest BCUT2D eigenvalue weighted by molar-refractivity contribution is -0.144. The van der Waals surface area contributed by atoms with Gasteiger partial charge in [0.2, 0.25) is 0 Å². The second-order valence-electron chi connectivity index (χ2n) is 6.58. The van der Waals surface area contributed by atoms with Crippen molar-refractivity contribution in [3.05, 3.63) is 0 Å². The van der Waals surface area contributed by atoms with E-state index in [0.29, 0.717) is 18.9 Å². The van der Waals surface area contributed by atoms with Crippen LogP contribution in [0.15, 0.2) is 4.99 Å². The fourth-order valence-electron chi connectivity index (χ4n) is 2.67. The van der Waals surface area contributed by atoms with Crippen molar-refractivity contribution in [3.8, 4) is 0 Å². The molecule has 0 saturated carbocycles. The molecule has 0 aliphatic carbocycles. The van der Waals surface area contributed by atoms with Gasteiger partial charge >= 0.3 is 5.97 Å². The van der Waals surface area contributed by atoms with Gasteiger partial charge in [-0.3, -0.25) is 9.59 Å². The molecule has 0 aromatic carbocycles. The van der Waals surface area contributed by atoms with Gasteiger partial charge in [-0.15, -0.1) is 0 Å². The Balaban J connectivity index is 2.67. The van der Waals surface area contributed by atoms with Crippen LogP contribution < -0.4 is 5.32 Å². The summed E-state index contributed by atoms with van der Waals surface area (Å²) in [6.45, 7) is 8.32. The first-order valence-corrected chi connectivity index (χ1v) is 9.11. The van der Waals surface area contributed by atoms with Crippen LogP contribution in [0.5, 0.6) is 0 Å². The van der Waals surface area contributed by atoms with E-state index in [-0.39, 0.29) is 25.0 Å². The van der Waals surface area contributed by atoms with E-state index in [1.165, 1.54) is 19.3 Å². The highest BCUT2D eigenvalue weighted by Gasteiger charge is 2.44. The molecule has 138 valence electrons. The Kier molecular flexibility index (Phi) is 8.79. The first-order chi connectivity index (χ1) is 11.4. The van der Waals surface area contributed by atoms with Crippen molar-refractivity contribution >= 4 is 17.8 Å². The largest absolute Gasteiger partial charge is 0.478 e. The minimum Gasteiger partial charge on any atom is -0.478 e. The van der Waals surface area contributed by atoms with Gasteiger partial charge in [0.25, 0.3) is 5.91 Å². The van der Waals surface area contributed by atoms with Crippen molar-refractivity contribution in [2.45, 2.75) is 71.8 Å². The van der Waals surface area contributed by atoms with E-state index in [4.69, 9.17) is 9.47 Å². The van der Waals surface area contributed by atoms with Gasteiger partial charge in [-0.1, -0.05) is 52.9 Å². The molecule has 0 fully saturated rings. The monoisotopic (exact) mass is 340 g/mol. The molecule has 1 aliphatic heterocycles. The maximum atomic E-state index is 12.7. The van der Waals surface area contributed by atoms with E-state index in [1.807, 2.05) is 13.8 Å². The van der Waals surface area contributed by atoms with Crippen LogP contribution >= 0.6 is 0 Å². The third kappa shape index (κ3) is 6.13. The number of aliphatic imine (C=N–C) groups is 1. The minimum atomic E-state index is -0.904. The van der Waals surface area contributed by atoms with Crippen molar-refractivity contribution in [2.24, 2.45) is 10.9 Å². The Hall–Kier alpha value is -1.59. The standard InChI is InChI=1S/C18H32N2O4/c1-5-7-8-9-10-11-18(13-24-16(20-18)14(3)4)17(22)19-12-15(21)23-6-2/h14H,5-13H2,1-4H3,(H,19,22). The first kappa shape index (κ1) is 20.5. The van der Waals surface area contributed by atoms with Gasteiger partial charge in [-0.2, -0.15) is 0 Å². The average Bonchev–Trinajstić information content (AvgIpc) is 2.99. The molecule has 1 amide bonds. The number of rotatable bonds is 11. The van der Waals surface area contributed by atoms with Gasteiger partial charge in [0, 0.05) is 5.92 Å². The smallest absolute Gasteiger partial charge is 0.325 e. The number of carbonyl (C=O) groups is 2. The summed E-state index contributed by atoms with van der Waals surface area (Å²) in [6.07, 6.45) is 6.20. The topological polar surface area (TPSA) is 77.0 Å². The Labute approximate surface area is 145 Å². The molecule has 0 radical (unpaired) electrons. The molecular formula is C18H32N2O4. The molecule has 6 heteroatoms. The second-order valence-corrected chi connectivity index (χ2v) is 6.58. The van der Waals surface area contributed by atoms with Crippen LogP contribution in [-0.4, -0.2) is 43.1 Å². The highest BCUT2D eigenvalue weighted by molar-refractivity contribution is 5.94. The summed E-state index contributed by atoms with van der Waals surface area (Å²) in [4.78, 5) is 28.7. The normalized spacial score (nSPS) is 19.8. The van der Waals surface area contributed by atoms with Crippen LogP contribution in [-0.2, 0) is 19.1 Å². The lowest BCUT2D eigenvalue weighted by Crippen LogP contribution is -2.48. The lowest BCUT2D eigenvalue weighted by Gasteiger charge is -2.23. The minimum absolute atomic E-state index is 0.128. The highest BCUT2D eigenvalue weighted by Crippen LogP contribution is 2.28. The molecule has 0 aromatic heterocycles. The zero-order chi connectivity index (χ0) is 18.0. The zero-order valence-electron chi connectivity index (χ0n) is 15.5. The van der Waals surface area contributed by atoms with Crippen LogP contribution in [0.3, 0.4) is 0 Å². The molecule has 1 aliphatic rings. The average molecular weight is 340 g/mol. The molecule has 1 N–H and O–H groups in total. The van der Waals surface area contributed by atoms with Crippen LogP contribution in [0, 0.1) is 5.92 Å². The van der Waals surface area contributed by atoms with Gasteiger partial charge in [0.15, 0.2) is 11.4 Å². The summed E-state index contributed by atoms with van der Waals surface area (Å²) >= 11 is 0. The van der Waals surface area contributed by atoms with E-state index >= 15 is 0 Å². The molecule has 1 unspecified atom stereocenters. The summed E-state index contributed by atoms with van der Waals surface area (Å²) in [5.74, 6) is 0.0808. The van der Waals surface area contributed by atoms with E-state index in [1.54, 1.807) is 6.92 Å². The SMILES string of the molecule is CCCCCCCC1(C(=O)NCC(=O)OCC)COC(C(C)C)=N1. The Morgan fingerprint density at radius 3 is 2.54 bits per heavy atom. The summed E-state index contributed by atoms with van der Waals surface area (Å²) < 4.78 is 10.5. The molecule has 6 nitrogen and oxygen atoms in total. The van der Waals surface area contributed by atoms with Crippen molar-refractivity contribution in [3.63, 3.8) is 0 Å². The van der Waals surface area contributed by atoms with Crippen molar-refractivity contribution in [2.75, 3.05) is 19.8 Å². The number of amides is 1. The van der Waals surface area contributed by atoms with Crippen molar-refractivity contribution in [1.29, 1.82) is 0 Å². The maximum Gasteiger partial charge on any atom is 0.325 e. The molecule has 0 aromatic rings. The van der Waals surface area contributed by atoms with Gasteiger partial charge < -0.3 is 14.8 Å². The van der Waals surface area contributed by atoms with Crippen molar-refractivity contribution in [1.82, 2.24) is 5.32 Å². The number of nitrogens with one attached hydrogen (secondary N) is 1. The Morgan fingerprint density at radius 2 is 1.96 bits per heavy atom. The number of carbonyl (C=O) groups excluding carboxylic acids is 2. The van der Waals surface area contributed by atoms with Gasteiger partial charge in [0.05, 0.1) is 6.61 Å². The predicted molar refractivity (Wildman–Crippen MR) is 94.0 cm³/mol. The predicted octanol–water partition coefficient (Wildman–Crippen LogP) is 2.85. The van der Waals surface area contributed by atoms with E-state index in [2.05, 4.69) is 17.2 Å². The van der Waals surface area contributed by atoms with Crippen LogP contribution in [0.25, 0.3) is 0 Å². The molecule has 0 bridgehead atoms. The van der Waals surface area contributed by atoms with E-state index < -0.39 is 11.5 Å². The van der Waals surface area contributed by atoms with E-state index in [0.717, 1.165) is 12.8 Å². The fourth-order valence-corrected chi connectivity index (χ4v) is 2.67. The van der Waals surface area contributed by atoms with Crippen LogP contribution in [0.1, 0.15) is 66.2 Å².